The maximum atomic E-state index is 5.66. The average Bonchev–Trinajstić information content (AvgIpc) is 2.44. The molecule has 1 heterocycles. The second-order valence-corrected chi connectivity index (χ2v) is 6.98. The first-order chi connectivity index (χ1) is 10.1. The van der Waals surface area contributed by atoms with Crippen molar-refractivity contribution in [1.29, 1.82) is 0 Å². The molecule has 0 aliphatic carbocycles. The van der Waals surface area contributed by atoms with E-state index in [2.05, 4.69) is 48.1 Å². The van der Waals surface area contributed by atoms with Crippen LogP contribution in [0.4, 0.5) is 0 Å². The maximum Gasteiger partial charge on any atom is 0.162 e. The smallest absolute Gasteiger partial charge is 0.162 e. The van der Waals surface area contributed by atoms with Crippen molar-refractivity contribution >= 4 is 15.9 Å². The molecule has 0 radical (unpaired) electrons. The van der Waals surface area contributed by atoms with Crippen molar-refractivity contribution in [3.05, 3.63) is 22.2 Å². The highest BCUT2D eigenvalue weighted by molar-refractivity contribution is 9.10. The van der Waals surface area contributed by atoms with Gasteiger partial charge in [0.15, 0.2) is 11.5 Å². The molecule has 1 aromatic rings. The number of fused-ring (bicyclic) bond motifs is 1. The molecular formula is C17H26BrNO2. The van der Waals surface area contributed by atoms with Gasteiger partial charge >= 0.3 is 0 Å². The molecule has 4 heteroatoms. The molecule has 0 saturated carbocycles. The van der Waals surface area contributed by atoms with E-state index in [9.17, 15) is 0 Å². The zero-order valence-electron chi connectivity index (χ0n) is 13.2. The first-order valence-corrected chi connectivity index (χ1v) is 8.67. The third-order valence-electron chi connectivity index (χ3n) is 3.81. The second kappa shape index (κ2) is 8.04. The quantitative estimate of drug-likeness (QED) is 0.795. The van der Waals surface area contributed by atoms with Crippen LogP contribution in [0.1, 0.15) is 39.2 Å². The van der Waals surface area contributed by atoms with E-state index in [-0.39, 0.29) is 0 Å². The summed E-state index contributed by atoms with van der Waals surface area (Å²) in [6.45, 7) is 9.09. The average molecular weight is 356 g/mol. The van der Waals surface area contributed by atoms with Gasteiger partial charge in [-0.15, -0.1) is 0 Å². The minimum atomic E-state index is 0.573. The Kier molecular flexibility index (Phi) is 6.37. The van der Waals surface area contributed by atoms with Gasteiger partial charge in [0.25, 0.3) is 0 Å². The predicted octanol–water partition coefficient (Wildman–Crippen LogP) is 4.18. The first kappa shape index (κ1) is 16.6. The van der Waals surface area contributed by atoms with E-state index in [1.54, 1.807) is 0 Å². The van der Waals surface area contributed by atoms with Gasteiger partial charge in [0.2, 0.25) is 0 Å². The van der Waals surface area contributed by atoms with Crippen molar-refractivity contribution in [2.24, 2.45) is 5.92 Å². The number of rotatable bonds is 7. The van der Waals surface area contributed by atoms with E-state index >= 15 is 0 Å². The highest BCUT2D eigenvalue weighted by Crippen LogP contribution is 2.36. The summed E-state index contributed by atoms with van der Waals surface area (Å²) in [5.74, 6) is 2.45. The molecule has 1 atom stereocenters. The van der Waals surface area contributed by atoms with Crippen molar-refractivity contribution in [2.45, 2.75) is 46.1 Å². The summed E-state index contributed by atoms with van der Waals surface area (Å²) < 4.78 is 12.4. The Hall–Kier alpha value is -0.740. The Bertz CT molecular complexity index is 462. The van der Waals surface area contributed by atoms with Crippen LogP contribution in [-0.2, 0) is 6.42 Å². The molecule has 1 aromatic carbocycles. The van der Waals surface area contributed by atoms with Crippen LogP contribution in [0.15, 0.2) is 16.6 Å². The molecule has 1 N–H and O–H groups in total. The molecule has 1 aliphatic heterocycles. The number of benzene rings is 1. The van der Waals surface area contributed by atoms with Gasteiger partial charge in [0.05, 0.1) is 0 Å². The lowest BCUT2D eigenvalue weighted by molar-refractivity contribution is 0.171. The number of halogens is 1. The fourth-order valence-corrected chi connectivity index (χ4v) is 2.98. The van der Waals surface area contributed by atoms with Crippen LogP contribution >= 0.6 is 15.9 Å². The van der Waals surface area contributed by atoms with E-state index in [1.807, 2.05) is 6.07 Å². The van der Waals surface area contributed by atoms with Crippen LogP contribution < -0.4 is 14.8 Å². The normalized spacial score (nSPS) is 15.3. The highest BCUT2D eigenvalue weighted by Gasteiger charge is 2.15. The lowest BCUT2D eigenvalue weighted by atomic mass is 9.98. The Balaban J connectivity index is 1.85. The molecule has 1 unspecified atom stereocenters. The fourth-order valence-electron chi connectivity index (χ4n) is 2.46. The van der Waals surface area contributed by atoms with Crippen LogP contribution in [0.25, 0.3) is 0 Å². The molecule has 0 bridgehead atoms. The van der Waals surface area contributed by atoms with Crippen molar-refractivity contribution in [1.82, 2.24) is 5.32 Å². The standard InChI is InChI=1S/C17H26BrNO2/c1-12(2)19-7-6-13(3)4-5-14-10-16-17(11-15(14)18)21-9-8-20-16/h10-13,19H,4-9H2,1-3H3. The summed E-state index contributed by atoms with van der Waals surface area (Å²) in [5, 5.41) is 3.48. The van der Waals surface area contributed by atoms with Gasteiger partial charge in [-0.05, 0) is 49.4 Å². The molecule has 3 nitrogen and oxygen atoms in total. The van der Waals surface area contributed by atoms with E-state index in [4.69, 9.17) is 9.47 Å². The minimum absolute atomic E-state index is 0.573. The van der Waals surface area contributed by atoms with Crippen molar-refractivity contribution in [3.63, 3.8) is 0 Å². The van der Waals surface area contributed by atoms with Gasteiger partial charge in [-0.2, -0.15) is 0 Å². The summed E-state index contributed by atoms with van der Waals surface area (Å²) >= 11 is 3.65. The summed E-state index contributed by atoms with van der Waals surface area (Å²) in [6, 6.07) is 4.73. The van der Waals surface area contributed by atoms with Gasteiger partial charge in [0.1, 0.15) is 13.2 Å². The molecule has 0 amide bonds. The molecular weight excluding hydrogens is 330 g/mol. The minimum Gasteiger partial charge on any atom is -0.486 e. The van der Waals surface area contributed by atoms with Crippen molar-refractivity contribution < 1.29 is 9.47 Å². The zero-order valence-corrected chi connectivity index (χ0v) is 14.8. The van der Waals surface area contributed by atoms with Crippen LogP contribution in [0.2, 0.25) is 0 Å². The lowest BCUT2D eigenvalue weighted by Crippen LogP contribution is -2.25. The third kappa shape index (κ3) is 5.19. The zero-order chi connectivity index (χ0) is 15.2. The number of hydrogen-bond donors (Lipinski definition) is 1. The van der Waals surface area contributed by atoms with Crippen molar-refractivity contribution in [2.75, 3.05) is 19.8 Å². The summed E-state index contributed by atoms with van der Waals surface area (Å²) in [4.78, 5) is 0. The van der Waals surface area contributed by atoms with Gasteiger partial charge in [-0.3, -0.25) is 0 Å². The molecule has 0 fully saturated rings. The van der Waals surface area contributed by atoms with Gasteiger partial charge in [-0.25, -0.2) is 0 Å². The fraction of sp³-hybridized carbons (Fsp3) is 0.647. The Morgan fingerprint density at radius 1 is 1.10 bits per heavy atom. The van der Waals surface area contributed by atoms with Gasteiger partial charge < -0.3 is 14.8 Å². The molecule has 118 valence electrons. The SMILES string of the molecule is CC(CCNC(C)C)CCc1cc2c(cc1Br)OCCO2. The Morgan fingerprint density at radius 3 is 2.43 bits per heavy atom. The van der Waals surface area contributed by atoms with Crippen molar-refractivity contribution in [3.8, 4) is 11.5 Å². The molecule has 21 heavy (non-hydrogen) atoms. The monoisotopic (exact) mass is 355 g/mol. The van der Waals surface area contributed by atoms with Crippen LogP contribution in [0.3, 0.4) is 0 Å². The summed E-state index contributed by atoms with van der Waals surface area (Å²) in [5.41, 5.74) is 1.31. The molecule has 0 spiro atoms. The second-order valence-electron chi connectivity index (χ2n) is 6.13. The summed E-state index contributed by atoms with van der Waals surface area (Å²) in [7, 11) is 0. The molecule has 1 aliphatic rings. The number of nitrogens with one attached hydrogen (secondary N) is 1. The number of hydrogen-bond acceptors (Lipinski definition) is 3. The predicted molar refractivity (Wildman–Crippen MR) is 90.4 cm³/mol. The topological polar surface area (TPSA) is 30.5 Å². The van der Waals surface area contributed by atoms with Gasteiger partial charge in [0, 0.05) is 10.5 Å². The maximum absolute atomic E-state index is 5.66. The van der Waals surface area contributed by atoms with Crippen LogP contribution in [0, 0.1) is 5.92 Å². The van der Waals surface area contributed by atoms with Gasteiger partial charge in [-0.1, -0.05) is 36.7 Å². The van der Waals surface area contributed by atoms with Crippen LogP contribution in [-0.4, -0.2) is 25.8 Å². The lowest BCUT2D eigenvalue weighted by Gasteiger charge is -2.20. The third-order valence-corrected chi connectivity index (χ3v) is 4.55. The highest BCUT2D eigenvalue weighted by atomic mass is 79.9. The van der Waals surface area contributed by atoms with E-state index in [0.29, 0.717) is 19.3 Å². The largest absolute Gasteiger partial charge is 0.486 e. The van der Waals surface area contributed by atoms with E-state index in [0.717, 1.165) is 34.9 Å². The Morgan fingerprint density at radius 2 is 1.76 bits per heavy atom. The molecule has 0 saturated heterocycles. The van der Waals surface area contributed by atoms with E-state index < -0.39 is 0 Å². The van der Waals surface area contributed by atoms with Crippen LogP contribution in [0.5, 0.6) is 11.5 Å². The summed E-state index contributed by atoms with van der Waals surface area (Å²) in [6.07, 6.45) is 3.48. The number of aryl methyl sites for hydroxylation is 1. The Labute approximate surface area is 136 Å². The molecule has 0 aromatic heterocycles. The van der Waals surface area contributed by atoms with E-state index in [1.165, 1.54) is 18.4 Å². The number of ether oxygens (including phenoxy) is 2. The first-order valence-electron chi connectivity index (χ1n) is 7.87. The molecule has 2 rings (SSSR count).